The van der Waals surface area contributed by atoms with Gasteiger partial charge in [0.05, 0.1) is 0 Å². The van der Waals surface area contributed by atoms with Gasteiger partial charge in [-0.25, -0.2) is 0 Å². The van der Waals surface area contributed by atoms with Crippen LogP contribution in [0.5, 0.6) is 0 Å². The van der Waals surface area contributed by atoms with E-state index in [9.17, 15) is 0 Å². The molecule has 0 radical (unpaired) electrons. The molecule has 1 fully saturated rings. The monoisotopic (exact) mass is 231 g/mol. The minimum atomic E-state index is 0. The smallest absolute Gasteiger partial charge is 0.0181 e. The van der Waals surface area contributed by atoms with Crippen LogP contribution in [0.15, 0.2) is 0 Å². The fourth-order valence-corrected chi connectivity index (χ4v) is 2.39. The largest absolute Gasteiger partial charge is 0.311 e. The van der Waals surface area contributed by atoms with Crippen molar-refractivity contribution in [3.05, 3.63) is 0 Å². The Balaban J connectivity index is -0.000000355. The van der Waals surface area contributed by atoms with Crippen molar-refractivity contribution in [3.63, 3.8) is 0 Å². The zero-order chi connectivity index (χ0) is 13.0. The van der Waals surface area contributed by atoms with E-state index >= 15 is 0 Å². The molecule has 16 heavy (non-hydrogen) atoms. The van der Waals surface area contributed by atoms with Crippen molar-refractivity contribution >= 4 is 0 Å². The van der Waals surface area contributed by atoms with Gasteiger partial charge in [0.25, 0.3) is 0 Å². The molecule has 102 valence electrons. The summed E-state index contributed by atoms with van der Waals surface area (Å²) in [5.74, 6) is 0.939. The average Bonchev–Trinajstić information content (AvgIpc) is 2.74. The number of hydrogen-bond donors (Lipinski definition) is 1. The van der Waals surface area contributed by atoms with Crippen LogP contribution in [-0.4, -0.2) is 12.1 Å². The highest BCUT2D eigenvalue weighted by atomic mass is 15.0. The van der Waals surface area contributed by atoms with Crippen LogP contribution in [0.25, 0.3) is 0 Å². The zero-order valence-electron chi connectivity index (χ0n) is 12.8. The Kier molecular flexibility index (Phi) is 13.1. The number of hydrogen-bond acceptors (Lipinski definition) is 1. The minimum Gasteiger partial charge on any atom is -0.311 e. The van der Waals surface area contributed by atoms with Crippen LogP contribution in [0.3, 0.4) is 0 Å². The minimum absolute atomic E-state index is 0. The molecule has 2 atom stereocenters. The van der Waals surface area contributed by atoms with Gasteiger partial charge in [0.2, 0.25) is 0 Å². The highest BCUT2D eigenvalue weighted by molar-refractivity contribution is 4.93. The van der Waals surface area contributed by atoms with E-state index in [4.69, 9.17) is 0 Å². The van der Waals surface area contributed by atoms with Crippen LogP contribution in [0, 0.1) is 5.92 Å². The second-order valence-electron chi connectivity index (χ2n) is 4.41. The summed E-state index contributed by atoms with van der Waals surface area (Å²) in [5.41, 5.74) is 0.509. The summed E-state index contributed by atoms with van der Waals surface area (Å²) in [7, 11) is 0. The summed E-state index contributed by atoms with van der Waals surface area (Å²) in [6.07, 6.45) is 6.77. The third-order valence-electron chi connectivity index (χ3n) is 3.28. The first kappa shape index (κ1) is 18.3. The molecule has 0 bridgehead atoms. The first-order valence-corrected chi connectivity index (χ1v) is 7.47. The van der Waals surface area contributed by atoms with Crippen molar-refractivity contribution in [2.45, 2.75) is 86.1 Å². The number of rotatable bonds is 4. The third-order valence-corrected chi connectivity index (χ3v) is 3.28. The van der Waals surface area contributed by atoms with E-state index in [0.29, 0.717) is 5.54 Å². The molecule has 2 unspecified atom stereocenters. The molecule has 1 saturated carbocycles. The van der Waals surface area contributed by atoms with E-state index in [2.05, 4.69) is 26.1 Å². The van der Waals surface area contributed by atoms with Gasteiger partial charge in [0, 0.05) is 6.97 Å². The lowest BCUT2D eigenvalue weighted by atomic mass is 9.93. The highest BCUT2D eigenvalue weighted by Crippen LogP contribution is 2.36. The molecule has 0 heterocycles. The highest BCUT2D eigenvalue weighted by Gasteiger charge is 2.34. The summed E-state index contributed by atoms with van der Waals surface area (Å²) >= 11 is 0. The molecule has 0 aromatic carbocycles. The Hall–Kier alpha value is -0.0400. The summed E-state index contributed by atoms with van der Waals surface area (Å²) in [6, 6.07) is 0. The molecular weight excluding hydrogens is 194 g/mol. The Morgan fingerprint density at radius 1 is 1.19 bits per heavy atom. The molecular formula is C15H37N. The lowest BCUT2D eigenvalue weighted by Gasteiger charge is -2.29. The Bertz CT molecular complexity index is 139. The van der Waals surface area contributed by atoms with E-state index in [1.165, 1.54) is 38.6 Å². The van der Waals surface area contributed by atoms with Crippen molar-refractivity contribution in [2.24, 2.45) is 5.92 Å². The van der Waals surface area contributed by atoms with Crippen molar-refractivity contribution in [2.75, 3.05) is 6.54 Å². The van der Waals surface area contributed by atoms with Crippen molar-refractivity contribution in [1.29, 1.82) is 0 Å². The lowest BCUT2D eigenvalue weighted by Crippen LogP contribution is -2.42. The van der Waals surface area contributed by atoms with E-state index < -0.39 is 0 Å². The molecule has 1 N–H and O–H groups in total. The van der Waals surface area contributed by atoms with Gasteiger partial charge < -0.3 is 5.32 Å². The molecule has 1 aliphatic carbocycles. The molecule has 1 rings (SSSR count). The Morgan fingerprint density at radius 2 is 1.75 bits per heavy atom. The molecule has 1 aliphatic rings. The second-order valence-corrected chi connectivity index (χ2v) is 4.41. The molecule has 0 aromatic heterocycles. The van der Waals surface area contributed by atoms with E-state index in [-0.39, 0.29) is 1.43 Å². The lowest BCUT2D eigenvalue weighted by molar-refractivity contribution is 0.312. The topological polar surface area (TPSA) is 12.0 Å². The van der Waals surface area contributed by atoms with Gasteiger partial charge >= 0.3 is 0 Å². The van der Waals surface area contributed by atoms with Gasteiger partial charge in [-0.1, -0.05) is 48.5 Å². The molecule has 0 spiro atoms. The standard InChI is InChI=1S/C11H23N.2C2H6.H2/c1-4-8-12-11(5-2)7-6-10(3)9-11;2*1-2;/h10,12H,4-9H2,1-3H3;2*1-2H3;1H. The van der Waals surface area contributed by atoms with Crippen LogP contribution in [0.1, 0.15) is 82.0 Å². The van der Waals surface area contributed by atoms with Crippen LogP contribution in [0.4, 0.5) is 0 Å². The van der Waals surface area contributed by atoms with Gasteiger partial charge in [0.15, 0.2) is 0 Å². The van der Waals surface area contributed by atoms with E-state index in [1.807, 2.05) is 27.7 Å². The zero-order valence-corrected chi connectivity index (χ0v) is 12.8. The summed E-state index contributed by atoms with van der Waals surface area (Å²) in [6.45, 7) is 16.1. The first-order valence-electron chi connectivity index (χ1n) is 7.47. The fourth-order valence-electron chi connectivity index (χ4n) is 2.39. The Labute approximate surface area is 106 Å². The first-order chi connectivity index (χ1) is 7.72. The van der Waals surface area contributed by atoms with E-state index in [1.54, 1.807) is 0 Å². The maximum atomic E-state index is 3.72. The fraction of sp³-hybridized carbons (Fsp3) is 1.00. The van der Waals surface area contributed by atoms with Gasteiger partial charge in [-0.15, -0.1) is 0 Å². The summed E-state index contributed by atoms with van der Waals surface area (Å²) in [4.78, 5) is 0. The number of nitrogens with one attached hydrogen (secondary N) is 1. The molecule has 1 heteroatoms. The van der Waals surface area contributed by atoms with E-state index in [0.717, 1.165) is 5.92 Å². The molecule has 0 saturated heterocycles. The van der Waals surface area contributed by atoms with Crippen LogP contribution >= 0.6 is 0 Å². The average molecular weight is 231 g/mol. The molecule has 1 nitrogen and oxygen atoms in total. The summed E-state index contributed by atoms with van der Waals surface area (Å²) < 4.78 is 0. The molecule has 0 aromatic rings. The van der Waals surface area contributed by atoms with Gasteiger partial charge in [-0.05, 0) is 44.6 Å². The van der Waals surface area contributed by atoms with Gasteiger partial charge in [-0.2, -0.15) is 0 Å². The van der Waals surface area contributed by atoms with Gasteiger partial charge in [0.1, 0.15) is 0 Å². The Morgan fingerprint density at radius 3 is 2.06 bits per heavy atom. The maximum absolute atomic E-state index is 3.72. The van der Waals surface area contributed by atoms with Crippen molar-refractivity contribution in [3.8, 4) is 0 Å². The van der Waals surface area contributed by atoms with Gasteiger partial charge in [-0.3, -0.25) is 0 Å². The molecule has 0 aliphatic heterocycles. The second kappa shape index (κ2) is 11.4. The third kappa shape index (κ3) is 6.52. The quantitative estimate of drug-likeness (QED) is 0.696. The van der Waals surface area contributed by atoms with Crippen LogP contribution in [-0.2, 0) is 0 Å². The van der Waals surface area contributed by atoms with Crippen LogP contribution in [0.2, 0.25) is 0 Å². The normalized spacial score (nSPS) is 27.6. The van der Waals surface area contributed by atoms with Crippen molar-refractivity contribution < 1.29 is 1.43 Å². The summed E-state index contributed by atoms with van der Waals surface area (Å²) in [5, 5.41) is 3.72. The molecule has 0 amide bonds. The predicted molar refractivity (Wildman–Crippen MR) is 79.1 cm³/mol. The predicted octanol–water partition coefficient (Wildman–Crippen LogP) is 5.25. The maximum Gasteiger partial charge on any atom is 0.0181 e. The van der Waals surface area contributed by atoms with Crippen LogP contribution < -0.4 is 5.32 Å². The van der Waals surface area contributed by atoms with Crippen molar-refractivity contribution in [1.82, 2.24) is 5.32 Å². The SMILES string of the molecule is CC.CC.CCCNC1(CC)CCC(C)C1.[HH].